The molecule has 0 aromatic carbocycles. The van der Waals surface area contributed by atoms with E-state index in [2.05, 4.69) is 26.0 Å². The predicted molar refractivity (Wildman–Crippen MR) is 110 cm³/mol. The Morgan fingerprint density at radius 3 is 1.50 bits per heavy atom. The van der Waals surface area contributed by atoms with Gasteiger partial charge in [0.05, 0.1) is 12.4 Å². The van der Waals surface area contributed by atoms with Crippen molar-refractivity contribution in [2.24, 2.45) is 24.3 Å². The van der Waals surface area contributed by atoms with Gasteiger partial charge < -0.3 is 48.0 Å². The second kappa shape index (κ2) is 13.6. The number of aryl methyl sites for hydroxylation is 2. The molecule has 0 atom stereocenters. The fourth-order valence-corrected chi connectivity index (χ4v) is 2.33. The SMILES string of the molecule is C[n+]1ccc(C=NNC(=O)c2cccc(C(=O)NN=Cc3cc[n+](C)cc3)n2)cc1.[I-].[I-]. The normalized spacial score (nSPS) is 10.3. The zero-order valence-electron chi connectivity index (χ0n) is 17.3. The minimum Gasteiger partial charge on any atom is -1.00 e. The average Bonchev–Trinajstić information content (AvgIpc) is 2.76. The molecule has 11 heteroatoms. The average molecular weight is 657 g/mol. The summed E-state index contributed by atoms with van der Waals surface area (Å²) in [5.74, 6) is -1.05. The van der Waals surface area contributed by atoms with E-state index in [1.165, 1.54) is 24.6 Å². The molecule has 0 aliphatic rings. The van der Waals surface area contributed by atoms with Crippen molar-refractivity contribution in [1.29, 1.82) is 0 Å². The van der Waals surface area contributed by atoms with Gasteiger partial charge >= 0.3 is 0 Å². The van der Waals surface area contributed by atoms with E-state index in [1.807, 2.05) is 72.3 Å². The van der Waals surface area contributed by atoms with E-state index in [0.717, 1.165) is 11.1 Å². The Morgan fingerprint density at radius 1 is 0.750 bits per heavy atom. The van der Waals surface area contributed by atoms with Crippen LogP contribution in [0.4, 0.5) is 0 Å². The van der Waals surface area contributed by atoms with Gasteiger partial charge in [0.25, 0.3) is 11.8 Å². The molecule has 0 saturated carbocycles. The van der Waals surface area contributed by atoms with Crippen molar-refractivity contribution >= 4 is 24.2 Å². The number of carbonyl (C=O) groups excluding carboxylic acids is 2. The third-order valence-electron chi connectivity index (χ3n) is 3.98. The summed E-state index contributed by atoms with van der Waals surface area (Å²) in [4.78, 5) is 28.5. The summed E-state index contributed by atoms with van der Waals surface area (Å²) in [6, 6.07) is 12.0. The summed E-state index contributed by atoms with van der Waals surface area (Å²) in [7, 11) is 3.81. The summed E-state index contributed by atoms with van der Waals surface area (Å²) in [6.45, 7) is 0. The van der Waals surface area contributed by atoms with Crippen LogP contribution in [0.1, 0.15) is 32.1 Å². The lowest BCUT2D eigenvalue weighted by Crippen LogP contribution is -3.00. The first kappa shape index (κ1) is 27.2. The lowest BCUT2D eigenvalue weighted by molar-refractivity contribution is -0.671. The highest BCUT2D eigenvalue weighted by Gasteiger charge is 2.11. The Kier molecular flexibility index (Phi) is 11.5. The van der Waals surface area contributed by atoms with Crippen molar-refractivity contribution < 1.29 is 66.7 Å². The van der Waals surface area contributed by atoms with Crippen LogP contribution in [0.15, 0.2) is 77.5 Å². The van der Waals surface area contributed by atoms with Crippen LogP contribution in [0.25, 0.3) is 0 Å². The molecule has 0 aliphatic carbocycles. The number of amides is 2. The zero-order valence-corrected chi connectivity index (χ0v) is 21.6. The van der Waals surface area contributed by atoms with Crippen molar-refractivity contribution in [2.75, 3.05) is 0 Å². The molecule has 0 radical (unpaired) electrons. The molecule has 2 N–H and O–H groups in total. The molecule has 0 unspecified atom stereocenters. The van der Waals surface area contributed by atoms with Crippen molar-refractivity contribution in [1.82, 2.24) is 15.8 Å². The van der Waals surface area contributed by atoms with Gasteiger partial charge in [-0.1, -0.05) is 6.07 Å². The number of hydrogen-bond acceptors (Lipinski definition) is 5. The van der Waals surface area contributed by atoms with Crippen LogP contribution in [-0.4, -0.2) is 29.2 Å². The molecule has 9 nitrogen and oxygen atoms in total. The maximum absolute atomic E-state index is 12.2. The molecule has 0 aliphatic heterocycles. The predicted octanol–water partition coefficient (Wildman–Crippen LogP) is -5.73. The summed E-state index contributed by atoms with van der Waals surface area (Å²) in [5, 5.41) is 7.82. The van der Waals surface area contributed by atoms with E-state index in [4.69, 9.17) is 0 Å². The number of hydrogen-bond donors (Lipinski definition) is 2. The molecule has 0 bridgehead atoms. The number of hydrazone groups is 2. The minimum absolute atomic E-state index is 0. The molecule has 3 aromatic rings. The molecule has 3 heterocycles. The third-order valence-corrected chi connectivity index (χ3v) is 3.98. The van der Waals surface area contributed by atoms with Gasteiger partial charge in [-0.15, -0.1) is 0 Å². The van der Waals surface area contributed by atoms with Crippen molar-refractivity contribution in [2.45, 2.75) is 0 Å². The molecule has 3 rings (SSSR count). The molecule has 0 spiro atoms. The highest BCUT2D eigenvalue weighted by molar-refractivity contribution is 5.96. The van der Waals surface area contributed by atoms with Gasteiger partial charge in [0.2, 0.25) is 0 Å². The van der Waals surface area contributed by atoms with Crippen LogP contribution in [-0.2, 0) is 14.1 Å². The quantitative estimate of drug-likeness (QED) is 0.120. The second-order valence-corrected chi connectivity index (χ2v) is 6.40. The summed E-state index contributed by atoms with van der Waals surface area (Å²) >= 11 is 0. The van der Waals surface area contributed by atoms with Crippen LogP contribution in [0, 0.1) is 0 Å². The molecular formula is C21H21I2N7O2. The zero-order chi connectivity index (χ0) is 21.3. The molecule has 2 amide bonds. The Balaban J connectivity index is 0.00000256. The number of nitrogens with zero attached hydrogens (tertiary/aromatic N) is 5. The van der Waals surface area contributed by atoms with E-state index < -0.39 is 11.8 Å². The van der Waals surface area contributed by atoms with Crippen molar-refractivity contribution in [3.8, 4) is 0 Å². The fourth-order valence-electron chi connectivity index (χ4n) is 2.33. The first-order chi connectivity index (χ1) is 14.5. The molecule has 0 saturated heterocycles. The van der Waals surface area contributed by atoms with Crippen molar-refractivity contribution in [3.63, 3.8) is 0 Å². The smallest absolute Gasteiger partial charge is 0.289 e. The third kappa shape index (κ3) is 8.37. The van der Waals surface area contributed by atoms with E-state index >= 15 is 0 Å². The maximum atomic E-state index is 12.2. The van der Waals surface area contributed by atoms with Crippen LogP contribution >= 0.6 is 0 Å². The number of carbonyl (C=O) groups is 2. The van der Waals surface area contributed by atoms with Gasteiger partial charge in [-0.05, 0) is 12.1 Å². The topological polar surface area (TPSA) is 104 Å². The molecule has 32 heavy (non-hydrogen) atoms. The highest BCUT2D eigenvalue weighted by Crippen LogP contribution is 2.00. The Labute approximate surface area is 219 Å². The van der Waals surface area contributed by atoms with Crippen LogP contribution < -0.4 is 67.9 Å². The first-order valence-electron chi connectivity index (χ1n) is 9.06. The Hall–Kier alpha value is -2.81. The van der Waals surface area contributed by atoms with Gasteiger partial charge in [0, 0.05) is 35.4 Å². The molecule has 0 fully saturated rings. The van der Waals surface area contributed by atoms with Gasteiger partial charge in [0.15, 0.2) is 24.8 Å². The number of halogens is 2. The summed E-state index contributed by atoms with van der Waals surface area (Å²) < 4.78 is 3.78. The van der Waals surface area contributed by atoms with Crippen LogP contribution in [0.2, 0.25) is 0 Å². The standard InChI is InChI=1S/C21H19N7O2.2HI/c1-27-10-6-16(7-11-27)14-22-25-20(29)18-4-3-5-19(24-18)21(30)26-23-15-17-8-12-28(2)13-9-17;;/h3-15H,1-2H3;2*1H. The van der Waals surface area contributed by atoms with Gasteiger partial charge in [-0.25, -0.2) is 25.0 Å². The monoisotopic (exact) mass is 657 g/mol. The van der Waals surface area contributed by atoms with E-state index in [0.29, 0.717) is 0 Å². The minimum atomic E-state index is -0.525. The van der Waals surface area contributed by atoms with Crippen molar-refractivity contribution in [3.05, 3.63) is 89.8 Å². The van der Waals surface area contributed by atoms with E-state index in [9.17, 15) is 9.59 Å². The maximum Gasteiger partial charge on any atom is 0.289 e. The second-order valence-electron chi connectivity index (χ2n) is 6.40. The lowest BCUT2D eigenvalue weighted by Gasteiger charge is -2.02. The fraction of sp³-hybridized carbons (Fsp3) is 0.0952. The van der Waals surface area contributed by atoms with Crippen LogP contribution in [0.5, 0.6) is 0 Å². The first-order valence-corrected chi connectivity index (χ1v) is 9.06. The lowest BCUT2D eigenvalue weighted by atomic mass is 10.3. The van der Waals surface area contributed by atoms with Crippen LogP contribution in [0.3, 0.4) is 0 Å². The number of rotatable bonds is 6. The van der Waals surface area contributed by atoms with Gasteiger partial charge in [-0.2, -0.15) is 10.2 Å². The largest absolute Gasteiger partial charge is 1.00 e. The number of pyridine rings is 3. The number of nitrogens with one attached hydrogen (secondary N) is 2. The van der Waals surface area contributed by atoms with Gasteiger partial charge in [0.1, 0.15) is 25.5 Å². The highest BCUT2D eigenvalue weighted by atomic mass is 127. The summed E-state index contributed by atoms with van der Waals surface area (Å²) in [6.07, 6.45) is 10.5. The number of aromatic nitrogens is 3. The van der Waals surface area contributed by atoms with Gasteiger partial charge in [-0.3, -0.25) is 9.59 Å². The molecule has 3 aromatic heterocycles. The molecular weight excluding hydrogens is 636 g/mol. The van der Waals surface area contributed by atoms with E-state index in [-0.39, 0.29) is 59.3 Å². The Bertz CT molecular complexity index is 1020. The van der Waals surface area contributed by atoms with E-state index in [1.54, 1.807) is 6.07 Å². The summed E-state index contributed by atoms with van der Waals surface area (Å²) in [5.41, 5.74) is 6.59. The molecule has 166 valence electrons. The Morgan fingerprint density at radius 2 is 1.12 bits per heavy atom.